The molecule has 0 heterocycles. The number of benzene rings is 1. The van der Waals surface area contributed by atoms with Gasteiger partial charge in [-0.2, -0.15) is 8.78 Å². The molecule has 0 amide bonds. The Balaban J connectivity index is 2.83. The Morgan fingerprint density at radius 2 is 1.92 bits per heavy atom. The van der Waals surface area contributed by atoms with E-state index in [0.717, 1.165) is 0 Å². The van der Waals surface area contributed by atoms with Crippen LogP contribution in [0.25, 0.3) is 0 Å². The minimum Gasteiger partial charge on any atom is -0.430 e. The largest absolute Gasteiger partial charge is 0.430 e. The quantitative estimate of drug-likeness (QED) is 0.651. The van der Waals surface area contributed by atoms with Crippen molar-refractivity contribution in [2.75, 3.05) is 0 Å². The van der Waals surface area contributed by atoms with E-state index in [1.807, 2.05) is 0 Å². The summed E-state index contributed by atoms with van der Waals surface area (Å²) < 4.78 is 29.0. The minimum absolute atomic E-state index is 0.206. The Morgan fingerprint density at radius 3 is 2.42 bits per heavy atom. The molecule has 1 atom stereocenters. The van der Waals surface area contributed by atoms with Crippen molar-refractivity contribution in [2.24, 2.45) is 0 Å². The number of hydrogen-bond donors (Lipinski definition) is 0. The van der Waals surface area contributed by atoms with Gasteiger partial charge in [-0.3, -0.25) is 0 Å². The molecule has 0 aliphatic carbocycles. The first kappa shape index (κ1) is 9.40. The molecule has 1 aromatic carbocycles. The molecule has 0 aliphatic heterocycles. The van der Waals surface area contributed by atoms with Crippen LogP contribution < -0.4 is 4.74 Å². The lowest BCUT2D eigenvalue weighted by Gasteiger charge is -2.14. The molecule has 1 aromatic rings. The van der Waals surface area contributed by atoms with E-state index in [1.54, 1.807) is 25.1 Å². The molecule has 0 aromatic heterocycles. The predicted octanol–water partition coefficient (Wildman–Crippen LogP) is 2.80. The van der Waals surface area contributed by atoms with Gasteiger partial charge in [0.05, 0.1) is 0 Å². The fraction of sp³-hybridized carbons (Fsp3) is 0.250. The summed E-state index contributed by atoms with van der Waals surface area (Å²) in [7, 11) is 1.33. The van der Waals surface area contributed by atoms with E-state index < -0.39 is 5.85 Å². The Kier molecular flexibility index (Phi) is 2.63. The lowest BCUT2D eigenvalue weighted by molar-refractivity contribution is -0.0896. The number of halogens is 2. The first-order valence-electron chi connectivity index (χ1n) is 3.40. The number of aryl methyl sites for hydroxylation is 1. The highest BCUT2D eigenvalue weighted by molar-refractivity contribution is 7.17. The van der Waals surface area contributed by atoms with Gasteiger partial charge in [-0.1, -0.05) is 18.2 Å². The summed E-state index contributed by atoms with van der Waals surface area (Å²) in [5, 5.41) is 0. The summed E-state index contributed by atoms with van der Waals surface area (Å²) in [6.45, 7) is 1.71. The predicted molar refractivity (Wildman–Crippen MR) is 46.5 cm³/mol. The highest BCUT2D eigenvalue weighted by Crippen LogP contribution is 2.28. The van der Waals surface area contributed by atoms with E-state index in [4.69, 9.17) is 0 Å². The lowest BCUT2D eigenvalue weighted by atomic mass is 10.2. The highest BCUT2D eigenvalue weighted by atomic mass is 31.0. The van der Waals surface area contributed by atoms with E-state index in [1.165, 1.54) is 15.3 Å². The van der Waals surface area contributed by atoms with Crippen LogP contribution in [-0.2, 0) is 0 Å². The van der Waals surface area contributed by atoms with Crippen molar-refractivity contribution in [1.29, 1.82) is 0 Å². The van der Waals surface area contributed by atoms with Gasteiger partial charge in [-0.25, -0.2) is 0 Å². The van der Waals surface area contributed by atoms with Crippen LogP contribution in [-0.4, -0.2) is 5.85 Å². The van der Waals surface area contributed by atoms with Crippen LogP contribution in [0.5, 0.6) is 5.75 Å². The van der Waals surface area contributed by atoms with E-state index in [0.29, 0.717) is 5.56 Å². The zero-order valence-corrected chi connectivity index (χ0v) is 7.71. The Bertz CT molecular complexity index is 270. The molecule has 0 aliphatic rings. The second kappa shape index (κ2) is 3.36. The fourth-order valence-corrected chi connectivity index (χ4v) is 0.945. The molecular weight excluding hydrogens is 181 g/mol. The Hall–Kier alpha value is -0.690. The second-order valence-corrected chi connectivity index (χ2v) is 3.10. The van der Waals surface area contributed by atoms with Crippen molar-refractivity contribution < 1.29 is 13.5 Å². The zero-order valence-electron chi connectivity index (χ0n) is 6.55. The van der Waals surface area contributed by atoms with E-state index in [2.05, 4.69) is 4.74 Å². The van der Waals surface area contributed by atoms with Crippen molar-refractivity contribution in [3.8, 4) is 5.75 Å². The topological polar surface area (TPSA) is 9.23 Å². The number of hydrogen-bond acceptors (Lipinski definition) is 1. The van der Waals surface area contributed by atoms with Crippen LogP contribution in [0.1, 0.15) is 5.56 Å². The number of alkyl halides is 2. The van der Waals surface area contributed by atoms with E-state index in [-0.39, 0.29) is 5.75 Å². The number of para-hydroxylation sites is 1. The number of rotatable bonds is 2. The molecule has 1 unspecified atom stereocenters. The molecule has 0 N–H and O–H groups in total. The fourth-order valence-electron chi connectivity index (χ4n) is 0.818. The van der Waals surface area contributed by atoms with Gasteiger partial charge < -0.3 is 4.74 Å². The zero-order chi connectivity index (χ0) is 9.19. The molecular formula is C8H9F2OP. The van der Waals surface area contributed by atoms with Crippen LogP contribution >= 0.6 is 9.24 Å². The summed E-state index contributed by atoms with van der Waals surface area (Å²) in [4.78, 5) is 0. The van der Waals surface area contributed by atoms with Gasteiger partial charge in [0.2, 0.25) is 0 Å². The van der Waals surface area contributed by atoms with Crippen molar-refractivity contribution in [3.63, 3.8) is 0 Å². The first-order chi connectivity index (χ1) is 5.49. The van der Waals surface area contributed by atoms with Crippen molar-refractivity contribution in [2.45, 2.75) is 12.8 Å². The van der Waals surface area contributed by atoms with Gasteiger partial charge >= 0.3 is 5.85 Å². The van der Waals surface area contributed by atoms with Gasteiger partial charge in [0.15, 0.2) is 0 Å². The average molecular weight is 190 g/mol. The molecule has 0 radical (unpaired) electrons. The standard InChI is InChI=1S/C8H9F2OP/c1-6-4-2-3-5-7(6)11-8(9,10)12/h2-5H,12H2,1H3. The third-order valence-electron chi connectivity index (χ3n) is 1.34. The average Bonchev–Trinajstić information content (AvgIpc) is 1.91. The summed E-state index contributed by atoms with van der Waals surface area (Å²) in [5.41, 5.74) is 0.694. The van der Waals surface area contributed by atoms with Crippen LogP contribution in [0.15, 0.2) is 24.3 Å². The van der Waals surface area contributed by atoms with Crippen molar-refractivity contribution >= 4 is 9.24 Å². The van der Waals surface area contributed by atoms with Crippen LogP contribution in [0.3, 0.4) is 0 Å². The maximum absolute atomic E-state index is 12.3. The second-order valence-electron chi connectivity index (χ2n) is 2.43. The van der Waals surface area contributed by atoms with Crippen LogP contribution in [0.4, 0.5) is 8.78 Å². The number of ether oxygens (including phenoxy) is 1. The summed E-state index contributed by atoms with van der Waals surface area (Å²) in [6.07, 6.45) is 0. The third-order valence-corrected chi connectivity index (χ3v) is 1.46. The molecule has 12 heavy (non-hydrogen) atoms. The van der Waals surface area contributed by atoms with Crippen LogP contribution in [0.2, 0.25) is 0 Å². The van der Waals surface area contributed by atoms with E-state index >= 15 is 0 Å². The normalized spacial score (nSPS) is 11.3. The van der Waals surface area contributed by atoms with E-state index in [9.17, 15) is 8.78 Å². The molecule has 0 spiro atoms. The molecule has 0 fully saturated rings. The van der Waals surface area contributed by atoms with Gasteiger partial charge in [0.25, 0.3) is 0 Å². The molecule has 0 bridgehead atoms. The third kappa shape index (κ3) is 2.74. The highest BCUT2D eigenvalue weighted by Gasteiger charge is 2.23. The first-order valence-corrected chi connectivity index (χ1v) is 3.98. The Morgan fingerprint density at radius 1 is 1.33 bits per heavy atom. The SMILES string of the molecule is Cc1ccccc1OC(F)(F)P. The van der Waals surface area contributed by atoms with Gasteiger partial charge in [0, 0.05) is 0 Å². The maximum Gasteiger partial charge on any atom is 0.408 e. The molecule has 66 valence electrons. The lowest BCUT2D eigenvalue weighted by Crippen LogP contribution is -2.15. The van der Waals surface area contributed by atoms with Gasteiger partial charge in [-0.15, -0.1) is 0 Å². The molecule has 1 rings (SSSR count). The van der Waals surface area contributed by atoms with Crippen molar-refractivity contribution in [3.05, 3.63) is 29.8 Å². The maximum atomic E-state index is 12.3. The monoisotopic (exact) mass is 190 g/mol. The molecule has 0 saturated carbocycles. The molecule has 4 heteroatoms. The Labute approximate surface area is 71.9 Å². The summed E-state index contributed by atoms with van der Waals surface area (Å²) in [5.74, 6) is -2.98. The van der Waals surface area contributed by atoms with Crippen molar-refractivity contribution in [1.82, 2.24) is 0 Å². The summed E-state index contributed by atoms with van der Waals surface area (Å²) >= 11 is 0. The van der Waals surface area contributed by atoms with Crippen LogP contribution in [0, 0.1) is 6.92 Å². The molecule has 0 saturated heterocycles. The molecule has 1 nitrogen and oxygen atoms in total. The van der Waals surface area contributed by atoms with Gasteiger partial charge in [-0.05, 0) is 27.8 Å². The summed E-state index contributed by atoms with van der Waals surface area (Å²) in [6, 6.07) is 6.64. The minimum atomic E-state index is -3.19. The smallest absolute Gasteiger partial charge is 0.408 e. The van der Waals surface area contributed by atoms with Gasteiger partial charge in [0.1, 0.15) is 5.75 Å².